The van der Waals surface area contributed by atoms with Gasteiger partial charge in [0.15, 0.2) is 0 Å². The maximum atomic E-state index is 12.7. The number of alkyl halides is 3. The number of anilines is 1. The van der Waals surface area contributed by atoms with Gasteiger partial charge in [-0.1, -0.05) is 19.9 Å². The molecule has 24 heavy (non-hydrogen) atoms. The van der Waals surface area contributed by atoms with Gasteiger partial charge in [0.1, 0.15) is 5.41 Å². The monoisotopic (exact) mass is 342 g/mol. The Morgan fingerprint density at radius 1 is 1.21 bits per heavy atom. The van der Waals surface area contributed by atoms with Crippen molar-refractivity contribution in [2.75, 3.05) is 11.9 Å². The van der Waals surface area contributed by atoms with Gasteiger partial charge < -0.3 is 10.6 Å². The first-order chi connectivity index (χ1) is 11.1. The molecule has 1 aliphatic carbocycles. The normalized spacial score (nSPS) is 15.9. The first-order valence-electron chi connectivity index (χ1n) is 7.92. The van der Waals surface area contributed by atoms with Crippen LogP contribution in [0.5, 0.6) is 0 Å². The third-order valence-electron chi connectivity index (χ3n) is 4.07. The van der Waals surface area contributed by atoms with Crippen LogP contribution in [0.3, 0.4) is 0 Å². The van der Waals surface area contributed by atoms with E-state index in [-0.39, 0.29) is 11.6 Å². The molecule has 1 aliphatic rings. The number of nitrogens with one attached hydrogen (secondary N) is 2. The van der Waals surface area contributed by atoms with Gasteiger partial charge in [-0.3, -0.25) is 9.59 Å². The Morgan fingerprint density at radius 3 is 2.42 bits per heavy atom. The van der Waals surface area contributed by atoms with Crippen LogP contribution < -0.4 is 10.6 Å². The van der Waals surface area contributed by atoms with Gasteiger partial charge in [-0.15, -0.1) is 0 Å². The third-order valence-corrected chi connectivity index (χ3v) is 4.07. The van der Waals surface area contributed by atoms with Crippen LogP contribution in [-0.2, 0) is 15.8 Å². The number of carbonyl (C=O) groups excluding carboxylic acids is 2. The number of carbonyl (C=O) groups is 2. The topological polar surface area (TPSA) is 58.2 Å². The zero-order chi connectivity index (χ0) is 18.0. The Morgan fingerprint density at radius 2 is 1.88 bits per heavy atom. The van der Waals surface area contributed by atoms with Gasteiger partial charge in [0, 0.05) is 12.2 Å². The minimum Gasteiger partial charge on any atom is -0.355 e. The summed E-state index contributed by atoms with van der Waals surface area (Å²) in [5.41, 5.74) is -1.95. The van der Waals surface area contributed by atoms with E-state index in [0.29, 0.717) is 25.3 Å². The van der Waals surface area contributed by atoms with Gasteiger partial charge in [0.2, 0.25) is 11.8 Å². The van der Waals surface area contributed by atoms with Crippen molar-refractivity contribution in [2.45, 2.75) is 39.3 Å². The van der Waals surface area contributed by atoms with Crippen LogP contribution in [0, 0.1) is 11.3 Å². The van der Waals surface area contributed by atoms with Crippen LogP contribution >= 0.6 is 0 Å². The van der Waals surface area contributed by atoms with E-state index in [1.54, 1.807) is 0 Å². The molecule has 0 heterocycles. The van der Waals surface area contributed by atoms with Crippen molar-refractivity contribution in [1.82, 2.24) is 5.32 Å². The summed E-state index contributed by atoms with van der Waals surface area (Å²) in [4.78, 5) is 24.6. The summed E-state index contributed by atoms with van der Waals surface area (Å²) in [7, 11) is 0. The molecule has 4 nitrogen and oxygen atoms in total. The maximum Gasteiger partial charge on any atom is 0.416 e. The molecule has 1 aromatic rings. The molecule has 0 radical (unpaired) electrons. The highest BCUT2D eigenvalue weighted by Gasteiger charge is 2.56. The number of rotatable bonds is 6. The summed E-state index contributed by atoms with van der Waals surface area (Å²) >= 11 is 0. The van der Waals surface area contributed by atoms with Gasteiger partial charge in [-0.05, 0) is 43.4 Å². The summed E-state index contributed by atoms with van der Waals surface area (Å²) in [6, 6.07) is 4.40. The van der Waals surface area contributed by atoms with Crippen LogP contribution in [0.2, 0.25) is 0 Å². The molecule has 0 saturated heterocycles. The Labute approximate surface area is 138 Å². The molecule has 1 saturated carbocycles. The Hall–Kier alpha value is -2.05. The average molecular weight is 342 g/mol. The minimum absolute atomic E-state index is 0.0380. The predicted octanol–water partition coefficient (Wildman–Crippen LogP) is 3.59. The van der Waals surface area contributed by atoms with E-state index in [9.17, 15) is 22.8 Å². The fourth-order valence-electron chi connectivity index (χ4n) is 2.35. The molecule has 1 aromatic carbocycles. The van der Waals surface area contributed by atoms with Gasteiger partial charge in [0.05, 0.1) is 5.56 Å². The molecule has 0 unspecified atom stereocenters. The smallest absolute Gasteiger partial charge is 0.355 e. The molecule has 2 rings (SSSR count). The molecule has 0 aromatic heterocycles. The average Bonchev–Trinajstić information content (AvgIpc) is 3.28. The summed E-state index contributed by atoms with van der Waals surface area (Å²) in [5.74, 6) is -0.476. The lowest BCUT2D eigenvalue weighted by Crippen LogP contribution is -2.40. The second kappa shape index (κ2) is 6.83. The second-order valence-electron chi connectivity index (χ2n) is 6.55. The van der Waals surface area contributed by atoms with Crippen molar-refractivity contribution in [1.29, 1.82) is 0 Å². The molecule has 2 N–H and O–H groups in total. The van der Waals surface area contributed by atoms with Crippen LogP contribution in [0.15, 0.2) is 24.3 Å². The Bertz CT molecular complexity index is 623. The van der Waals surface area contributed by atoms with Crippen molar-refractivity contribution in [3.63, 3.8) is 0 Å². The Kier molecular flexibility index (Phi) is 5.20. The quantitative estimate of drug-likeness (QED) is 0.776. The highest BCUT2D eigenvalue weighted by atomic mass is 19.4. The third kappa shape index (κ3) is 4.27. The molecule has 0 aliphatic heterocycles. The molecule has 0 atom stereocenters. The summed E-state index contributed by atoms with van der Waals surface area (Å²) in [6.07, 6.45) is -2.86. The van der Waals surface area contributed by atoms with Crippen molar-refractivity contribution < 1.29 is 22.8 Å². The zero-order valence-corrected chi connectivity index (χ0v) is 13.7. The van der Waals surface area contributed by atoms with E-state index < -0.39 is 23.1 Å². The summed E-state index contributed by atoms with van der Waals surface area (Å²) in [6.45, 7) is 4.54. The fraction of sp³-hybridized carbons (Fsp3) is 0.529. The first-order valence-corrected chi connectivity index (χ1v) is 7.92. The van der Waals surface area contributed by atoms with Gasteiger partial charge in [-0.2, -0.15) is 13.2 Å². The fourth-order valence-corrected chi connectivity index (χ4v) is 2.35. The number of amides is 2. The van der Waals surface area contributed by atoms with Crippen LogP contribution in [0.4, 0.5) is 18.9 Å². The lowest BCUT2D eigenvalue weighted by atomic mass is 10.0. The minimum atomic E-state index is -4.48. The zero-order valence-electron chi connectivity index (χ0n) is 13.7. The van der Waals surface area contributed by atoms with E-state index in [0.717, 1.165) is 18.6 Å². The molecule has 0 spiro atoms. The highest BCUT2D eigenvalue weighted by Crippen LogP contribution is 2.47. The lowest BCUT2D eigenvalue weighted by molar-refractivity contribution is -0.138. The molecule has 2 amide bonds. The Balaban J connectivity index is 2.00. The van der Waals surface area contributed by atoms with Crippen molar-refractivity contribution in [3.05, 3.63) is 29.8 Å². The van der Waals surface area contributed by atoms with E-state index in [1.165, 1.54) is 12.1 Å². The lowest BCUT2D eigenvalue weighted by Gasteiger charge is -2.16. The number of hydrogen-bond acceptors (Lipinski definition) is 2. The molecule has 132 valence electrons. The van der Waals surface area contributed by atoms with Gasteiger partial charge in [0.25, 0.3) is 0 Å². The molecule has 0 bridgehead atoms. The molecular weight excluding hydrogens is 321 g/mol. The van der Waals surface area contributed by atoms with Crippen molar-refractivity contribution in [2.24, 2.45) is 11.3 Å². The van der Waals surface area contributed by atoms with Crippen LogP contribution in [-0.4, -0.2) is 18.4 Å². The molecule has 7 heteroatoms. The summed E-state index contributed by atoms with van der Waals surface area (Å²) < 4.78 is 38.1. The first kappa shape index (κ1) is 18.3. The predicted molar refractivity (Wildman–Crippen MR) is 84.2 cm³/mol. The standard InChI is InChI=1S/C17H21F3N2O2/c1-11(2)6-9-21-14(23)16(7-8-16)15(24)22-13-5-3-4-12(10-13)17(18,19)20/h3-5,10-11H,6-9H2,1-2H3,(H,21,23)(H,22,24). The van der Waals surface area contributed by atoms with Gasteiger partial charge in [-0.25, -0.2) is 0 Å². The van der Waals surface area contributed by atoms with Crippen LogP contribution in [0.25, 0.3) is 0 Å². The van der Waals surface area contributed by atoms with Gasteiger partial charge >= 0.3 is 6.18 Å². The van der Waals surface area contributed by atoms with E-state index in [4.69, 9.17) is 0 Å². The van der Waals surface area contributed by atoms with Crippen molar-refractivity contribution in [3.8, 4) is 0 Å². The van der Waals surface area contributed by atoms with Crippen molar-refractivity contribution >= 4 is 17.5 Å². The molecular formula is C17H21F3N2O2. The largest absolute Gasteiger partial charge is 0.416 e. The second-order valence-corrected chi connectivity index (χ2v) is 6.55. The SMILES string of the molecule is CC(C)CCNC(=O)C1(C(=O)Nc2cccc(C(F)(F)F)c2)CC1. The molecule has 1 fully saturated rings. The van der Waals surface area contributed by atoms with Crippen LogP contribution in [0.1, 0.15) is 38.7 Å². The van der Waals surface area contributed by atoms with E-state index in [2.05, 4.69) is 10.6 Å². The highest BCUT2D eigenvalue weighted by molar-refractivity contribution is 6.13. The number of benzene rings is 1. The van der Waals surface area contributed by atoms with E-state index >= 15 is 0 Å². The van der Waals surface area contributed by atoms with E-state index in [1.807, 2.05) is 13.8 Å². The summed E-state index contributed by atoms with van der Waals surface area (Å²) in [5, 5.41) is 5.18. The number of hydrogen-bond donors (Lipinski definition) is 2. The maximum absolute atomic E-state index is 12.7. The number of halogens is 3.